The quantitative estimate of drug-likeness (QED) is 0.538. The summed E-state index contributed by atoms with van der Waals surface area (Å²) in [6.45, 7) is 3.95. The van der Waals surface area contributed by atoms with Gasteiger partial charge in [-0.3, -0.25) is 24.6 Å². The Balaban J connectivity index is 1.11. The van der Waals surface area contributed by atoms with E-state index < -0.39 is 17.8 Å². The van der Waals surface area contributed by atoms with Crippen LogP contribution in [0.3, 0.4) is 0 Å². The van der Waals surface area contributed by atoms with E-state index >= 15 is 4.39 Å². The zero-order valence-electron chi connectivity index (χ0n) is 20.3. The van der Waals surface area contributed by atoms with Gasteiger partial charge in [-0.05, 0) is 41.8 Å². The van der Waals surface area contributed by atoms with E-state index in [0.29, 0.717) is 29.9 Å². The van der Waals surface area contributed by atoms with Crippen LogP contribution < -0.4 is 10.2 Å². The number of hydrogen-bond donors (Lipinski definition) is 1. The van der Waals surface area contributed by atoms with Gasteiger partial charge in [0, 0.05) is 69.3 Å². The predicted octanol–water partition coefficient (Wildman–Crippen LogP) is 2.09. The van der Waals surface area contributed by atoms with Gasteiger partial charge in [0.05, 0.1) is 12.0 Å². The van der Waals surface area contributed by atoms with Crippen LogP contribution in [0.4, 0.5) is 10.1 Å². The summed E-state index contributed by atoms with van der Waals surface area (Å²) in [6.07, 6.45) is 5.93. The fourth-order valence-corrected chi connectivity index (χ4v) is 5.45. The van der Waals surface area contributed by atoms with Gasteiger partial charge in [-0.25, -0.2) is 9.37 Å². The van der Waals surface area contributed by atoms with Crippen LogP contribution in [0.5, 0.6) is 0 Å². The van der Waals surface area contributed by atoms with Crippen molar-refractivity contribution in [3.8, 4) is 5.69 Å². The lowest BCUT2D eigenvalue weighted by atomic mass is 10.0. The van der Waals surface area contributed by atoms with Crippen molar-refractivity contribution in [2.75, 3.05) is 31.1 Å². The largest absolute Gasteiger partial charge is 0.367 e. The van der Waals surface area contributed by atoms with Gasteiger partial charge in [-0.2, -0.15) is 0 Å². The lowest BCUT2D eigenvalue weighted by molar-refractivity contribution is -0.136. The smallest absolute Gasteiger partial charge is 0.255 e. The Morgan fingerprint density at radius 2 is 1.89 bits per heavy atom. The first kappa shape index (κ1) is 23.4. The minimum atomic E-state index is -0.708. The third-order valence-corrected chi connectivity index (χ3v) is 7.42. The highest BCUT2D eigenvalue weighted by Crippen LogP contribution is 2.33. The predicted molar refractivity (Wildman–Crippen MR) is 133 cm³/mol. The van der Waals surface area contributed by atoms with E-state index in [0.717, 1.165) is 25.3 Å². The van der Waals surface area contributed by atoms with E-state index in [1.165, 1.54) is 16.5 Å². The van der Waals surface area contributed by atoms with Gasteiger partial charge in [0.2, 0.25) is 11.8 Å². The zero-order valence-corrected chi connectivity index (χ0v) is 20.3. The molecule has 2 saturated heterocycles. The number of nitrogens with one attached hydrogen (secondary N) is 1. The number of carbonyl (C=O) groups is 3. The van der Waals surface area contributed by atoms with Crippen LogP contribution in [-0.2, 0) is 22.7 Å². The van der Waals surface area contributed by atoms with Gasteiger partial charge in [-0.1, -0.05) is 12.1 Å². The summed E-state index contributed by atoms with van der Waals surface area (Å²) in [5, 5.41) is 2.30. The Bertz CT molecular complexity index is 1370. The second kappa shape index (κ2) is 9.44. The molecule has 0 radical (unpaired) electrons. The molecule has 1 aromatic heterocycles. The number of aromatic nitrogens is 2. The number of halogens is 1. The summed E-state index contributed by atoms with van der Waals surface area (Å²) in [7, 11) is 0. The SMILES string of the molecule is O=C1CCC(N2Cc3cc(N4CCN(Cc5cccc(-n6ccnc6)c5)CC4)c(F)cc3C2=O)C(=O)N1. The van der Waals surface area contributed by atoms with Crippen LogP contribution in [0.1, 0.15) is 34.3 Å². The monoisotopic (exact) mass is 502 g/mol. The van der Waals surface area contributed by atoms with Crippen molar-refractivity contribution in [2.24, 2.45) is 0 Å². The Kier molecular flexibility index (Phi) is 5.96. The van der Waals surface area contributed by atoms with Crippen molar-refractivity contribution in [1.82, 2.24) is 24.7 Å². The van der Waals surface area contributed by atoms with Gasteiger partial charge in [0.25, 0.3) is 5.91 Å². The zero-order chi connectivity index (χ0) is 25.5. The molecule has 190 valence electrons. The van der Waals surface area contributed by atoms with Crippen molar-refractivity contribution in [3.05, 3.63) is 77.6 Å². The molecule has 1 unspecified atom stereocenters. The molecule has 2 fully saturated rings. The highest BCUT2D eigenvalue weighted by atomic mass is 19.1. The van der Waals surface area contributed by atoms with E-state index in [1.54, 1.807) is 18.6 Å². The highest BCUT2D eigenvalue weighted by Gasteiger charge is 2.40. The molecule has 0 saturated carbocycles. The first-order valence-electron chi connectivity index (χ1n) is 12.5. The lowest BCUT2D eigenvalue weighted by Crippen LogP contribution is -2.52. The maximum atomic E-state index is 15.2. The van der Waals surface area contributed by atoms with Crippen molar-refractivity contribution >= 4 is 23.4 Å². The fraction of sp³-hybridized carbons (Fsp3) is 0.333. The van der Waals surface area contributed by atoms with Gasteiger partial charge < -0.3 is 14.4 Å². The van der Waals surface area contributed by atoms with Gasteiger partial charge in [-0.15, -0.1) is 0 Å². The van der Waals surface area contributed by atoms with Crippen LogP contribution in [-0.4, -0.2) is 69.3 Å². The lowest BCUT2D eigenvalue weighted by Gasteiger charge is -2.36. The number of imide groups is 1. The van der Waals surface area contributed by atoms with Gasteiger partial charge in [0.15, 0.2) is 0 Å². The number of amides is 3. The molecule has 3 aliphatic heterocycles. The topological polar surface area (TPSA) is 90.8 Å². The average Bonchev–Trinajstić information content (AvgIpc) is 3.54. The summed E-state index contributed by atoms with van der Waals surface area (Å²) in [5.74, 6) is -1.59. The number of nitrogens with zero attached hydrogens (tertiary/aromatic N) is 5. The standard InChI is InChI=1S/C27H27FN6O3/c28-22-14-21-19(16-34(27(21)37)23-4-5-25(35)30-26(23)36)13-24(22)32-10-8-31(9-11-32)15-18-2-1-3-20(12-18)33-7-6-29-17-33/h1-3,6-7,12-14,17,23H,4-5,8-11,15-16H2,(H,30,35,36). The molecule has 10 heteroatoms. The number of rotatable bonds is 5. The number of fused-ring (bicyclic) bond motifs is 1. The van der Waals surface area contributed by atoms with E-state index in [9.17, 15) is 14.4 Å². The number of imidazole rings is 1. The maximum absolute atomic E-state index is 15.2. The van der Waals surface area contributed by atoms with Crippen molar-refractivity contribution in [3.63, 3.8) is 0 Å². The number of benzene rings is 2. The molecular weight excluding hydrogens is 475 g/mol. The Morgan fingerprint density at radius 3 is 2.65 bits per heavy atom. The van der Waals surface area contributed by atoms with Crippen LogP contribution in [0.2, 0.25) is 0 Å². The molecule has 4 heterocycles. The molecule has 0 bridgehead atoms. The average molecular weight is 503 g/mol. The molecular formula is C27H27FN6O3. The molecule has 3 aliphatic rings. The van der Waals surface area contributed by atoms with E-state index in [2.05, 4.69) is 27.3 Å². The normalized spacial score (nSPS) is 20.4. The van der Waals surface area contributed by atoms with E-state index in [1.807, 2.05) is 27.8 Å². The number of piperazine rings is 1. The van der Waals surface area contributed by atoms with Crippen molar-refractivity contribution < 1.29 is 18.8 Å². The number of piperidine rings is 1. The van der Waals surface area contributed by atoms with Crippen LogP contribution >= 0.6 is 0 Å². The second-order valence-corrected chi connectivity index (χ2v) is 9.76. The molecule has 2 aromatic carbocycles. The third-order valence-electron chi connectivity index (χ3n) is 7.42. The van der Waals surface area contributed by atoms with Crippen molar-refractivity contribution in [1.29, 1.82) is 0 Å². The van der Waals surface area contributed by atoms with Crippen molar-refractivity contribution in [2.45, 2.75) is 32.0 Å². The Hall–Kier alpha value is -4.05. The minimum Gasteiger partial charge on any atom is -0.367 e. The minimum absolute atomic E-state index is 0.189. The number of anilines is 1. The Morgan fingerprint density at radius 1 is 1.05 bits per heavy atom. The fourth-order valence-electron chi connectivity index (χ4n) is 5.45. The molecule has 1 atom stereocenters. The first-order chi connectivity index (χ1) is 18.0. The maximum Gasteiger partial charge on any atom is 0.255 e. The number of carbonyl (C=O) groups excluding carboxylic acids is 3. The molecule has 37 heavy (non-hydrogen) atoms. The van der Waals surface area contributed by atoms with Crippen LogP contribution in [0.25, 0.3) is 5.69 Å². The summed E-state index contributed by atoms with van der Waals surface area (Å²) in [5.41, 5.74) is 3.76. The third kappa shape index (κ3) is 4.48. The molecule has 6 rings (SSSR count). The molecule has 9 nitrogen and oxygen atoms in total. The summed E-state index contributed by atoms with van der Waals surface area (Å²) in [6, 6.07) is 10.7. The van der Waals surface area contributed by atoms with Gasteiger partial charge in [0.1, 0.15) is 11.9 Å². The number of hydrogen-bond acceptors (Lipinski definition) is 6. The van der Waals surface area contributed by atoms with E-state index in [-0.39, 0.29) is 31.2 Å². The first-order valence-corrected chi connectivity index (χ1v) is 12.5. The van der Waals surface area contributed by atoms with Crippen LogP contribution in [0.15, 0.2) is 55.1 Å². The summed E-state index contributed by atoms with van der Waals surface area (Å²) >= 11 is 0. The molecule has 3 aromatic rings. The molecule has 1 N–H and O–H groups in total. The molecule has 0 spiro atoms. The van der Waals surface area contributed by atoms with Gasteiger partial charge >= 0.3 is 0 Å². The Labute approximate surface area is 213 Å². The highest BCUT2D eigenvalue weighted by molar-refractivity contribution is 6.05. The summed E-state index contributed by atoms with van der Waals surface area (Å²) < 4.78 is 17.1. The molecule has 3 amide bonds. The molecule has 0 aliphatic carbocycles. The van der Waals surface area contributed by atoms with Crippen LogP contribution in [0, 0.1) is 5.82 Å². The van der Waals surface area contributed by atoms with E-state index in [4.69, 9.17) is 0 Å². The summed E-state index contributed by atoms with van der Waals surface area (Å²) in [4.78, 5) is 46.7. The second-order valence-electron chi connectivity index (χ2n) is 9.76.